The van der Waals surface area contributed by atoms with Gasteiger partial charge in [0.2, 0.25) is 0 Å². The van der Waals surface area contributed by atoms with Crippen LogP contribution in [0.1, 0.15) is 0 Å². The van der Waals surface area contributed by atoms with E-state index in [2.05, 4.69) is 52.6 Å². The van der Waals surface area contributed by atoms with Crippen molar-refractivity contribution in [3.63, 3.8) is 0 Å². The second kappa shape index (κ2) is 38300. The molecule has 0 aromatic rings. The summed E-state index contributed by atoms with van der Waals surface area (Å²) in [5, 5.41) is 14.2. The van der Waals surface area contributed by atoms with E-state index >= 15 is 0 Å². The lowest BCUT2D eigenvalue weighted by molar-refractivity contribution is 0.0773. The second-order valence-corrected chi connectivity index (χ2v) is 0.141. The van der Waals surface area contributed by atoms with Gasteiger partial charge in [0, 0.05) is 0 Å². The number of aliphatic hydroxyl groups is 2. The van der Waals surface area contributed by atoms with E-state index in [0.717, 1.165) is 0 Å². The first-order valence-electron chi connectivity index (χ1n) is 2.63. The van der Waals surface area contributed by atoms with Crippen molar-refractivity contribution in [3.8, 4) is 0 Å². The van der Waals surface area contributed by atoms with Crippen molar-refractivity contribution in [1.82, 2.24) is 0 Å². The van der Waals surface area contributed by atoms with Crippen molar-refractivity contribution in [2.75, 3.05) is 6.79 Å². The third-order valence-electron chi connectivity index (χ3n) is 0. The first kappa shape index (κ1) is 32.7. The van der Waals surface area contributed by atoms with Gasteiger partial charge in [-0.05, 0) is 0 Å². The summed E-state index contributed by atoms with van der Waals surface area (Å²) in [5.74, 6) is 0. The summed E-state index contributed by atoms with van der Waals surface area (Å²) in [5.41, 5.74) is 0. The van der Waals surface area contributed by atoms with Crippen molar-refractivity contribution in [2.45, 2.75) is 0 Å². The Hall–Kier alpha value is -1.12. The Bertz CT molecular complexity index is 22.7. The molecule has 0 heterocycles. The molecule has 2 N–H and O–H groups in total. The van der Waals surface area contributed by atoms with Gasteiger partial charge < -0.3 is 10.2 Å². The van der Waals surface area contributed by atoms with Crippen LogP contribution in [0.15, 0.2) is 52.6 Å². The van der Waals surface area contributed by atoms with Gasteiger partial charge >= 0.3 is 0 Å². The fourth-order valence-electron chi connectivity index (χ4n) is 0. The summed E-state index contributed by atoms with van der Waals surface area (Å²) in [6.45, 7) is 23.2. The molecule has 68 valence electrons. The molecule has 0 aliphatic carbocycles. The molecule has 0 radical (unpaired) electrons. The third-order valence-corrected chi connectivity index (χ3v) is 0. The third kappa shape index (κ3) is 335. The Morgan fingerprint density at radius 3 is 0.545 bits per heavy atom. The number of rotatable bonds is 0. The predicted octanol–water partition coefficient (Wildman–Crippen LogP) is 2.14. The van der Waals surface area contributed by atoms with Crippen molar-refractivity contribution >= 4 is 0 Å². The largest absolute Gasteiger partial charge is 0.371 e. The lowest BCUT2D eigenvalue weighted by Gasteiger charge is -1.55. The van der Waals surface area contributed by atoms with Gasteiger partial charge in [0.1, 0.15) is 6.79 Å². The van der Waals surface area contributed by atoms with E-state index in [1.54, 1.807) is 0 Å². The van der Waals surface area contributed by atoms with E-state index in [-0.39, 0.29) is 0 Å². The molecule has 0 spiro atoms. The fourth-order valence-corrected chi connectivity index (χ4v) is 0. The minimum Gasteiger partial charge on any atom is -0.371 e. The van der Waals surface area contributed by atoms with Gasteiger partial charge in [0.05, 0.1) is 0 Å². The van der Waals surface area contributed by atoms with Crippen LogP contribution in [0, 0.1) is 0 Å². The summed E-state index contributed by atoms with van der Waals surface area (Å²) >= 11 is 0. The lowest BCUT2D eigenvalue weighted by Crippen LogP contribution is -1.66. The van der Waals surface area contributed by atoms with Gasteiger partial charge in [-0.15, -0.1) is 52.6 Å². The quantitative estimate of drug-likeness (QED) is 0.421. The molecule has 0 saturated carbocycles. The molecule has 0 unspecified atom stereocenters. The van der Waals surface area contributed by atoms with Crippen molar-refractivity contribution < 1.29 is 10.2 Å². The van der Waals surface area contributed by atoms with Gasteiger partial charge in [-0.1, -0.05) is 0 Å². The molecule has 0 bridgehead atoms. The Kier molecular flexibility index (Phi) is 114000. The lowest BCUT2D eigenvalue weighted by atomic mass is 11.3. The highest BCUT2D eigenvalue weighted by Gasteiger charge is 1.32. The van der Waals surface area contributed by atoms with Crippen LogP contribution in [0.2, 0.25) is 0 Å². The fraction of sp³-hybridized carbons (Fsp3) is 0.111. The molecule has 0 saturated heterocycles. The molecule has 0 amide bonds. The normalized spacial score (nSPS) is 3.09. The van der Waals surface area contributed by atoms with Crippen molar-refractivity contribution in [3.05, 3.63) is 52.6 Å². The molecule has 0 fully saturated rings. The number of hydrogen-bond acceptors (Lipinski definition) is 2. The predicted molar refractivity (Wildman–Crippen MR) is 54.3 cm³/mol. The van der Waals surface area contributed by atoms with E-state index < -0.39 is 6.79 Å². The highest BCUT2D eigenvalue weighted by molar-refractivity contribution is 4.23. The number of aliphatic hydroxyl groups excluding tert-OH is 1. The topological polar surface area (TPSA) is 40.5 Å². The minimum atomic E-state index is -0.750. The Labute approximate surface area is 70.5 Å². The molecule has 0 aliphatic rings. The zero-order valence-electron chi connectivity index (χ0n) is 7.26. The summed E-state index contributed by atoms with van der Waals surface area (Å²) < 4.78 is 0. The molecule has 11 heavy (non-hydrogen) atoms. The summed E-state index contributed by atoms with van der Waals surface area (Å²) in [6.07, 6.45) is 0. The van der Waals surface area contributed by atoms with Gasteiger partial charge in [-0.2, -0.15) is 0 Å². The summed E-state index contributed by atoms with van der Waals surface area (Å²) in [6, 6.07) is 0. The van der Waals surface area contributed by atoms with Gasteiger partial charge in [0.25, 0.3) is 0 Å². The molecule has 2 nitrogen and oxygen atoms in total. The molecule has 0 aromatic carbocycles. The van der Waals surface area contributed by atoms with Crippen LogP contribution in [0.3, 0.4) is 0 Å². The zero-order valence-corrected chi connectivity index (χ0v) is 7.26. The maximum absolute atomic E-state index is 7.12. The van der Waals surface area contributed by atoms with Crippen LogP contribution < -0.4 is 0 Å². The second-order valence-electron chi connectivity index (χ2n) is 0.141. The monoisotopic (exact) mass is 160 g/mol. The Morgan fingerprint density at radius 2 is 0.545 bits per heavy atom. The Balaban J connectivity index is -0.0000000139. The first-order chi connectivity index (χ1) is 5.41. The van der Waals surface area contributed by atoms with Gasteiger partial charge in [0.15, 0.2) is 0 Å². The first-order valence-corrected chi connectivity index (χ1v) is 2.63. The van der Waals surface area contributed by atoms with Gasteiger partial charge in [-0.25, -0.2) is 0 Å². The van der Waals surface area contributed by atoms with E-state index in [9.17, 15) is 0 Å². The highest BCUT2D eigenvalue weighted by Crippen LogP contribution is 1.17. The summed E-state index contributed by atoms with van der Waals surface area (Å²) in [4.78, 5) is 0. The standard InChI is InChI=1S/4C2H4.CH4O2/c4*1-2;2-1-3/h4*1-2H2;2-3H,1H2. The van der Waals surface area contributed by atoms with Crippen LogP contribution in [0.25, 0.3) is 0 Å². The minimum absolute atomic E-state index is 0.750. The van der Waals surface area contributed by atoms with Crippen molar-refractivity contribution in [1.29, 1.82) is 0 Å². The van der Waals surface area contributed by atoms with E-state index in [0.29, 0.717) is 0 Å². The number of hydrogen-bond donors (Lipinski definition) is 2. The average molecular weight is 160 g/mol. The van der Waals surface area contributed by atoms with Crippen LogP contribution in [0.5, 0.6) is 0 Å². The maximum Gasteiger partial charge on any atom is 0.140 e. The smallest absolute Gasteiger partial charge is 0.140 e. The van der Waals surface area contributed by atoms with Crippen LogP contribution in [-0.2, 0) is 0 Å². The molecular weight excluding hydrogens is 140 g/mol. The van der Waals surface area contributed by atoms with Crippen molar-refractivity contribution in [2.24, 2.45) is 0 Å². The van der Waals surface area contributed by atoms with E-state index in [4.69, 9.17) is 10.2 Å². The highest BCUT2D eigenvalue weighted by atomic mass is 16.5. The van der Waals surface area contributed by atoms with Gasteiger partial charge in [-0.3, -0.25) is 0 Å². The molecule has 0 aromatic heterocycles. The van der Waals surface area contributed by atoms with E-state index in [1.807, 2.05) is 0 Å². The molecule has 0 atom stereocenters. The molecular formula is C9H20O2. The average Bonchev–Trinajstić information content (AvgIpc) is 2.18. The van der Waals surface area contributed by atoms with Crippen LogP contribution >= 0.6 is 0 Å². The summed E-state index contributed by atoms with van der Waals surface area (Å²) in [7, 11) is 0. The molecule has 2 heteroatoms. The maximum atomic E-state index is 7.12. The van der Waals surface area contributed by atoms with Crippen LogP contribution in [-0.4, -0.2) is 17.0 Å². The van der Waals surface area contributed by atoms with E-state index in [1.165, 1.54) is 0 Å². The molecule has 0 rings (SSSR count). The van der Waals surface area contributed by atoms with Crippen LogP contribution in [0.4, 0.5) is 0 Å². The Morgan fingerprint density at radius 1 is 0.545 bits per heavy atom. The SMILES string of the molecule is C=C.C=C.C=C.C=C.OCO. The zero-order chi connectivity index (χ0) is 10.7. The molecule has 0 aliphatic heterocycles.